The maximum Gasteiger partial charge on any atom is 0.305 e. The van der Waals surface area contributed by atoms with Crippen LogP contribution in [-0.2, 0) is 33.6 Å². The molecule has 1 atom stereocenters. The molecule has 160 valence electrons. The SMILES string of the molecule is N#Cc1c(CC(=O)/C=C/c2cccnc2)sc2c1CCC(COC(=O)CCC1CC1)C2. The molecule has 2 aliphatic rings. The number of ketones is 1. The lowest BCUT2D eigenvalue weighted by Crippen LogP contribution is -2.20. The zero-order chi connectivity index (χ0) is 21.6. The third-order valence-corrected chi connectivity index (χ3v) is 7.22. The van der Waals surface area contributed by atoms with Gasteiger partial charge in [-0.1, -0.05) is 18.9 Å². The first kappa shape index (κ1) is 21.5. The first-order chi connectivity index (χ1) is 15.1. The third-order valence-electron chi connectivity index (χ3n) is 5.97. The number of carbonyl (C=O) groups excluding carboxylic acids is 2. The Labute approximate surface area is 186 Å². The number of rotatable bonds is 9. The van der Waals surface area contributed by atoms with Crippen LogP contribution in [-0.4, -0.2) is 23.3 Å². The average Bonchev–Trinajstić information content (AvgIpc) is 3.55. The van der Waals surface area contributed by atoms with Crippen LogP contribution in [0, 0.1) is 23.2 Å². The molecule has 1 unspecified atom stereocenters. The summed E-state index contributed by atoms with van der Waals surface area (Å²) in [7, 11) is 0. The number of thiophene rings is 1. The van der Waals surface area contributed by atoms with Crippen LogP contribution in [0.3, 0.4) is 0 Å². The van der Waals surface area contributed by atoms with Crippen molar-refractivity contribution in [2.24, 2.45) is 11.8 Å². The second-order valence-corrected chi connectivity index (χ2v) is 9.64. The summed E-state index contributed by atoms with van der Waals surface area (Å²) >= 11 is 1.57. The minimum absolute atomic E-state index is 0.0277. The number of aromatic nitrogens is 1. The molecule has 2 aromatic heterocycles. The van der Waals surface area contributed by atoms with E-state index in [9.17, 15) is 14.9 Å². The van der Waals surface area contributed by atoms with Gasteiger partial charge in [0.15, 0.2) is 5.78 Å². The fraction of sp³-hybridized carbons (Fsp3) is 0.440. The lowest BCUT2D eigenvalue weighted by Gasteiger charge is -2.22. The van der Waals surface area contributed by atoms with E-state index in [-0.39, 0.29) is 24.1 Å². The smallest absolute Gasteiger partial charge is 0.305 e. The molecule has 5 nitrogen and oxygen atoms in total. The van der Waals surface area contributed by atoms with Gasteiger partial charge in [0.1, 0.15) is 6.07 Å². The second-order valence-electron chi connectivity index (χ2n) is 8.45. The van der Waals surface area contributed by atoms with Gasteiger partial charge in [0.25, 0.3) is 0 Å². The topological polar surface area (TPSA) is 80.1 Å². The summed E-state index contributed by atoms with van der Waals surface area (Å²) < 4.78 is 5.51. The number of pyridine rings is 1. The van der Waals surface area contributed by atoms with Gasteiger partial charge in [0.2, 0.25) is 0 Å². The van der Waals surface area contributed by atoms with Gasteiger partial charge < -0.3 is 4.74 Å². The van der Waals surface area contributed by atoms with Gasteiger partial charge in [-0.3, -0.25) is 14.6 Å². The molecule has 1 fully saturated rings. The molecule has 0 spiro atoms. The summed E-state index contributed by atoms with van der Waals surface area (Å²) in [6.45, 7) is 0.449. The van der Waals surface area contributed by atoms with Crippen LogP contribution in [0.1, 0.15) is 58.5 Å². The van der Waals surface area contributed by atoms with Crippen molar-refractivity contribution in [3.05, 3.63) is 57.0 Å². The lowest BCUT2D eigenvalue weighted by molar-refractivity contribution is -0.145. The van der Waals surface area contributed by atoms with E-state index >= 15 is 0 Å². The number of fused-ring (bicyclic) bond motifs is 1. The Morgan fingerprint density at radius 3 is 2.90 bits per heavy atom. The van der Waals surface area contributed by atoms with Gasteiger partial charge in [0.05, 0.1) is 12.2 Å². The van der Waals surface area contributed by atoms with Gasteiger partial charge >= 0.3 is 5.97 Å². The Morgan fingerprint density at radius 2 is 2.16 bits per heavy atom. The van der Waals surface area contributed by atoms with Gasteiger partial charge in [-0.2, -0.15) is 5.26 Å². The molecule has 2 aliphatic carbocycles. The van der Waals surface area contributed by atoms with Gasteiger partial charge in [-0.05, 0) is 66.9 Å². The van der Waals surface area contributed by atoms with E-state index in [4.69, 9.17) is 4.74 Å². The molecular weight excluding hydrogens is 408 g/mol. The normalized spacial score (nSPS) is 17.8. The van der Waals surface area contributed by atoms with E-state index in [1.54, 1.807) is 35.9 Å². The van der Waals surface area contributed by atoms with E-state index < -0.39 is 0 Å². The van der Waals surface area contributed by atoms with Gasteiger partial charge in [-0.15, -0.1) is 11.3 Å². The van der Waals surface area contributed by atoms with Crippen LogP contribution >= 0.6 is 11.3 Å². The van der Waals surface area contributed by atoms with E-state index in [1.165, 1.54) is 17.7 Å². The predicted molar refractivity (Wildman–Crippen MR) is 119 cm³/mol. The van der Waals surface area contributed by atoms with Crippen molar-refractivity contribution >= 4 is 29.2 Å². The second kappa shape index (κ2) is 10.0. The van der Waals surface area contributed by atoms with Gasteiger partial charge in [-0.25, -0.2) is 0 Å². The Bertz CT molecular complexity index is 1020. The number of nitriles is 1. The number of carbonyl (C=O) groups is 2. The molecule has 0 N–H and O–H groups in total. The highest BCUT2D eigenvalue weighted by atomic mass is 32.1. The monoisotopic (exact) mass is 434 g/mol. The van der Waals surface area contributed by atoms with Crippen molar-refractivity contribution < 1.29 is 14.3 Å². The number of nitrogens with zero attached hydrogens (tertiary/aromatic N) is 2. The van der Waals surface area contributed by atoms with Crippen molar-refractivity contribution in [2.75, 3.05) is 6.61 Å². The fourth-order valence-corrected chi connectivity index (χ4v) is 5.43. The van der Waals surface area contributed by atoms with Crippen molar-refractivity contribution in [2.45, 2.75) is 51.4 Å². The van der Waals surface area contributed by atoms with E-state index in [2.05, 4.69) is 11.1 Å². The number of hydrogen-bond donors (Lipinski definition) is 0. The first-order valence-corrected chi connectivity index (χ1v) is 11.7. The van der Waals surface area contributed by atoms with Crippen molar-refractivity contribution in [3.63, 3.8) is 0 Å². The largest absolute Gasteiger partial charge is 0.465 e. The summed E-state index contributed by atoms with van der Waals surface area (Å²) in [5.41, 5.74) is 2.63. The summed E-state index contributed by atoms with van der Waals surface area (Å²) in [5, 5.41) is 9.68. The molecule has 0 saturated heterocycles. The molecule has 31 heavy (non-hydrogen) atoms. The quantitative estimate of drug-likeness (QED) is 0.423. The molecule has 6 heteroatoms. The number of esters is 1. The van der Waals surface area contributed by atoms with Crippen molar-refractivity contribution in [1.82, 2.24) is 4.98 Å². The van der Waals surface area contributed by atoms with Crippen molar-refractivity contribution in [1.29, 1.82) is 5.26 Å². The Morgan fingerprint density at radius 1 is 1.29 bits per heavy atom. The summed E-state index contributed by atoms with van der Waals surface area (Å²) in [6.07, 6.45) is 13.4. The maximum absolute atomic E-state index is 12.5. The van der Waals surface area contributed by atoms with Crippen LogP contribution in [0.25, 0.3) is 6.08 Å². The predicted octanol–water partition coefficient (Wildman–Crippen LogP) is 4.68. The van der Waals surface area contributed by atoms with E-state index in [1.807, 2.05) is 12.1 Å². The molecule has 0 amide bonds. The lowest BCUT2D eigenvalue weighted by atomic mass is 9.87. The highest BCUT2D eigenvalue weighted by molar-refractivity contribution is 7.12. The summed E-state index contributed by atoms with van der Waals surface area (Å²) in [6, 6.07) is 6.03. The third kappa shape index (κ3) is 5.89. The number of hydrogen-bond acceptors (Lipinski definition) is 6. The van der Waals surface area contributed by atoms with E-state index in [0.717, 1.165) is 47.6 Å². The van der Waals surface area contributed by atoms with Crippen LogP contribution in [0.15, 0.2) is 30.6 Å². The molecule has 1 saturated carbocycles. The zero-order valence-electron chi connectivity index (χ0n) is 17.5. The molecule has 0 aromatic carbocycles. The van der Waals surface area contributed by atoms with Crippen molar-refractivity contribution in [3.8, 4) is 6.07 Å². The van der Waals surface area contributed by atoms with Crippen LogP contribution in [0.5, 0.6) is 0 Å². The Hall–Kier alpha value is -2.78. The molecule has 0 aliphatic heterocycles. The summed E-state index contributed by atoms with van der Waals surface area (Å²) in [5.74, 6) is 0.908. The van der Waals surface area contributed by atoms with Gasteiger partial charge in [0, 0.05) is 35.0 Å². The highest BCUT2D eigenvalue weighted by Gasteiger charge is 2.27. The highest BCUT2D eigenvalue weighted by Crippen LogP contribution is 2.37. The molecule has 2 heterocycles. The Balaban J connectivity index is 1.34. The minimum atomic E-state index is -0.0896. The number of ether oxygens (including phenoxy) is 1. The fourth-order valence-electron chi connectivity index (χ4n) is 4.00. The Kier molecular flexibility index (Phi) is 6.93. The standard InChI is InChI=1S/C25H26N2O3S/c26-14-22-21-9-6-19(16-30-25(29)10-7-17-3-4-17)12-23(21)31-24(22)13-20(28)8-5-18-2-1-11-27-15-18/h1-2,5,8,11,15,17,19H,3-4,6-7,9-10,12-13,16H2/b8-5+. The molecule has 4 rings (SSSR count). The van der Waals surface area contributed by atoms with Crippen LogP contribution < -0.4 is 0 Å². The molecule has 0 bridgehead atoms. The maximum atomic E-state index is 12.5. The molecule has 2 aromatic rings. The van der Waals surface area contributed by atoms with Crippen LogP contribution in [0.2, 0.25) is 0 Å². The van der Waals surface area contributed by atoms with E-state index in [0.29, 0.717) is 18.6 Å². The minimum Gasteiger partial charge on any atom is -0.465 e. The zero-order valence-corrected chi connectivity index (χ0v) is 18.3. The van der Waals surface area contributed by atoms with Crippen LogP contribution in [0.4, 0.5) is 0 Å². The molecular formula is C25H26N2O3S. The summed E-state index contributed by atoms with van der Waals surface area (Å²) in [4.78, 5) is 30.4. The average molecular weight is 435 g/mol. The molecule has 0 radical (unpaired) electrons. The number of allylic oxidation sites excluding steroid dienone is 1. The first-order valence-electron chi connectivity index (χ1n) is 10.9.